The zero-order chi connectivity index (χ0) is 17.5. The molecule has 0 amide bonds. The molecule has 0 bridgehead atoms. The lowest BCUT2D eigenvalue weighted by Crippen LogP contribution is -1.97. The Bertz CT molecular complexity index is 730. The molecule has 0 aliphatic rings. The molecule has 0 heterocycles. The molecule has 0 atom stereocenters. The highest BCUT2D eigenvalue weighted by Gasteiger charge is 2.07. The van der Waals surface area contributed by atoms with Crippen LogP contribution in [-0.4, -0.2) is 38.7 Å². The van der Waals surface area contributed by atoms with Gasteiger partial charge in [-0.3, -0.25) is 0 Å². The molecule has 5 N–H and O–H groups in total. The first-order chi connectivity index (χ1) is 11.5. The van der Waals surface area contributed by atoms with Crippen LogP contribution in [0.4, 0.5) is 0 Å². The van der Waals surface area contributed by atoms with Gasteiger partial charge in [0.1, 0.15) is 18.1 Å². The van der Waals surface area contributed by atoms with Crippen molar-refractivity contribution >= 4 is 0 Å². The van der Waals surface area contributed by atoms with Crippen molar-refractivity contribution < 1.29 is 30.3 Å². The van der Waals surface area contributed by atoms with Gasteiger partial charge in [-0.15, -0.1) is 0 Å². The average Bonchev–Trinajstić information content (AvgIpc) is 2.50. The third-order valence-electron chi connectivity index (χ3n) is 3.19. The second-order valence-electron chi connectivity index (χ2n) is 5.18. The Morgan fingerprint density at radius 2 is 1.46 bits per heavy atom. The quantitative estimate of drug-likeness (QED) is 0.327. The van der Waals surface area contributed by atoms with Gasteiger partial charge in [-0.2, -0.15) is 0 Å². The number of phenols is 5. The van der Waals surface area contributed by atoms with Crippen molar-refractivity contribution in [2.45, 2.75) is 12.8 Å². The summed E-state index contributed by atoms with van der Waals surface area (Å²) in [7, 11) is 0. The Morgan fingerprint density at radius 1 is 0.833 bits per heavy atom. The summed E-state index contributed by atoms with van der Waals surface area (Å²) in [5.74, 6) is 4.19. The SMILES string of the molecule is Oc1cc(O)cc(C#CCOCCCc2cc(O)c(O)c(O)c2)c1. The first-order valence-corrected chi connectivity index (χ1v) is 7.29. The fourth-order valence-electron chi connectivity index (χ4n) is 2.11. The molecule has 126 valence electrons. The van der Waals surface area contributed by atoms with E-state index >= 15 is 0 Å². The van der Waals surface area contributed by atoms with Gasteiger partial charge in [-0.05, 0) is 42.7 Å². The minimum atomic E-state index is -0.525. The topological polar surface area (TPSA) is 110 Å². The van der Waals surface area contributed by atoms with Crippen molar-refractivity contribution in [1.82, 2.24) is 0 Å². The smallest absolute Gasteiger partial charge is 0.200 e. The third-order valence-corrected chi connectivity index (χ3v) is 3.19. The van der Waals surface area contributed by atoms with Gasteiger partial charge in [-0.1, -0.05) is 11.8 Å². The molecule has 0 aliphatic heterocycles. The van der Waals surface area contributed by atoms with Gasteiger partial charge in [0.2, 0.25) is 0 Å². The molecule has 0 saturated heterocycles. The monoisotopic (exact) mass is 330 g/mol. The predicted molar refractivity (Wildman–Crippen MR) is 87.2 cm³/mol. The lowest BCUT2D eigenvalue weighted by molar-refractivity contribution is 0.164. The second kappa shape index (κ2) is 7.99. The number of phenolic OH excluding ortho intramolecular Hbond substituents is 5. The van der Waals surface area contributed by atoms with Crippen molar-refractivity contribution in [2.75, 3.05) is 13.2 Å². The van der Waals surface area contributed by atoms with E-state index in [-0.39, 0.29) is 29.6 Å². The molecule has 0 fully saturated rings. The molecule has 2 aromatic carbocycles. The lowest BCUT2D eigenvalue weighted by Gasteiger charge is -2.05. The maximum atomic E-state index is 9.41. The Morgan fingerprint density at radius 3 is 2.08 bits per heavy atom. The Balaban J connectivity index is 1.73. The largest absolute Gasteiger partial charge is 0.508 e. The highest BCUT2D eigenvalue weighted by atomic mass is 16.5. The number of hydrogen-bond acceptors (Lipinski definition) is 6. The van der Waals surface area contributed by atoms with E-state index in [9.17, 15) is 25.5 Å². The van der Waals surface area contributed by atoms with Crippen LogP contribution in [0.3, 0.4) is 0 Å². The van der Waals surface area contributed by atoms with E-state index < -0.39 is 5.75 Å². The molecule has 0 unspecified atom stereocenters. The van der Waals surface area contributed by atoms with Crippen LogP contribution in [-0.2, 0) is 11.2 Å². The van der Waals surface area contributed by atoms with Gasteiger partial charge in [0.15, 0.2) is 17.2 Å². The summed E-state index contributed by atoms with van der Waals surface area (Å²) >= 11 is 0. The fourth-order valence-corrected chi connectivity index (χ4v) is 2.11. The standard InChI is InChI=1S/C18H18O6/c19-14-7-12(8-15(20)11-14)3-1-5-24-6-2-4-13-9-16(21)18(23)17(22)10-13/h7-11,19-23H,2,4-6H2. The van der Waals surface area contributed by atoms with Crippen molar-refractivity contribution in [1.29, 1.82) is 0 Å². The molecule has 0 aliphatic carbocycles. The number of hydrogen-bond donors (Lipinski definition) is 5. The zero-order valence-corrected chi connectivity index (χ0v) is 12.9. The molecule has 6 nitrogen and oxygen atoms in total. The molecular weight excluding hydrogens is 312 g/mol. The van der Waals surface area contributed by atoms with Gasteiger partial charge in [0.05, 0.1) is 0 Å². The first kappa shape index (κ1) is 17.3. The highest BCUT2D eigenvalue weighted by molar-refractivity contribution is 5.51. The van der Waals surface area contributed by atoms with Crippen molar-refractivity contribution in [3.05, 3.63) is 41.5 Å². The summed E-state index contributed by atoms with van der Waals surface area (Å²) in [6.07, 6.45) is 1.22. The third kappa shape index (κ3) is 5.00. The van der Waals surface area contributed by atoms with Crippen molar-refractivity contribution in [3.8, 4) is 40.6 Å². The van der Waals surface area contributed by atoms with Crippen LogP contribution in [0.15, 0.2) is 30.3 Å². The summed E-state index contributed by atoms with van der Waals surface area (Å²) in [6.45, 7) is 0.630. The van der Waals surface area contributed by atoms with Gasteiger partial charge in [0.25, 0.3) is 0 Å². The average molecular weight is 330 g/mol. The normalized spacial score (nSPS) is 10.2. The van der Waals surface area contributed by atoms with E-state index in [4.69, 9.17) is 4.74 Å². The Kier molecular flexibility index (Phi) is 5.77. The molecule has 6 heteroatoms. The molecule has 24 heavy (non-hydrogen) atoms. The molecule has 2 aromatic rings. The molecule has 0 saturated carbocycles. The van der Waals surface area contributed by atoms with Crippen LogP contribution in [0.25, 0.3) is 0 Å². The minimum Gasteiger partial charge on any atom is -0.508 e. The maximum Gasteiger partial charge on any atom is 0.200 e. The predicted octanol–water partition coefficient (Wildman–Crippen LogP) is 2.22. The van der Waals surface area contributed by atoms with E-state index in [1.54, 1.807) is 0 Å². The minimum absolute atomic E-state index is 0.0550. The summed E-state index contributed by atoms with van der Waals surface area (Å²) < 4.78 is 5.35. The summed E-state index contributed by atoms with van der Waals surface area (Å²) in [6, 6.07) is 6.89. The van der Waals surface area contributed by atoms with Crippen molar-refractivity contribution in [3.63, 3.8) is 0 Å². The van der Waals surface area contributed by atoms with Crippen LogP contribution in [0.1, 0.15) is 17.5 Å². The Labute approximate surface area is 139 Å². The lowest BCUT2D eigenvalue weighted by atomic mass is 10.1. The summed E-state index contributed by atoms with van der Waals surface area (Å²) in [4.78, 5) is 0. The highest BCUT2D eigenvalue weighted by Crippen LogP contribution is 2.35. The second-order valence-corrected chi connectivity index (χ2v) is 5.18. The van der Waals surface area contributed by atoms with Gasteiger partial charge in [-0.25, -0.2) is 0 Å². The number of benzene rings is 2. The van der Waals surface area contributed by atoms with Crippen LogP contribution in [0, 0.1) is 11.8 Å². The van der Waals surface area contributed by atoms with Crippen LogP contribution < -0.4 is 0 Å². The van der Waals surface area contributed by atoms with E-state index in [2.05, 4.69) is 11.8 Å². The molecule has 0 spiro atoms. The van der Waals surface area contributed by atoms with Crippen LogP contribution in [0.2, 0.25) is 0 Å². The maximum absolute atomic E-state index is 9.41. The number of aromatic hydroxyl groups is 5. The van der Waals surface area contributed by atoms with Gasteiger partial charge in [0, 0.05) is 18.2 Å². The molecular formula is C18H18O6. The van der Waals surface area contributed by atoms with E-state index in [0.717, 1.165) is 0 Å². The van der Waals surface area contributed by atoms with Crippen LogP contribution in [0.5, 0.6) is 28.7 Å². The number of ether oxygens (including phenoxy) is 1. The number of aryl methyl sites for hydroxylation is 1. The van der Waals surface area contributed by atoms with E-state index in [0.29, 0.717) is 30.6 Å². The van der Waals surface area contributed by atoms with E-state index in [1.807, 2.05) is 0 Å². The molecule has 2 rings (SSSR count). The fraction of sp³-hybridized carbons (Fsp3) is 0.222. The van der Waals surface area contributed by atoms with Gasteiger partial charge >= 0.3 is 0 Å². The van der Waals surface area contributed by atoms with Crippen molar-refractivity contribution in [2.24, 2.45) is 0 Å². The zero-order valence-electron chi connectivity index (χ0n) is 12.9. The summed E-state index contributed by atoms with van der Waals surface area (Å²) in [5, 5.41) is 46.7. The van der Waals surface area contributed by atoms with Gasteiger partial charge < -0.3 is 30.3 Å². The first-order valence-electron chi connectivity index (χ1n) is 7.29. The van der Waals surface area contributed by atoms with E-state index in [1.165, 1.54) is 30.3 Å². The summed E-state index contributed by atoms with van der Waals surface area (Å²) in [5.41, 5.74) is 1.18. The molecule has 0 aromatic heterocycles. The van der Waals surface area contributed by atoms with Crippen LogP contribution >= 0.6 is 0 Å². The Hall–Kier alpha value is -3.04. The number of rotatable bonds is 5. The molecule has 0 radical (unpaired) electrons.